The van der Waals surface area contributed by atoms with Crippen LogP contribution in [-0.4, -0.2) is 19.5 Å². The Bertz CT molecular complexity index is 2630. The number of benzene rings is 7. The Hall–Kier alpha value is -6.79. The van der Waals surface area contributed by atoms with E-state index >= 15 is 0 Å². The molecule has 51 heavy (non-hydrogen) atoms. The van der Waals surface area contributed by atoms with Crippen molar-refractivity contribution in [2.24, 2.45) is 0 Å². The molecule has 0 atom stereocenters. The SMILES string of the molecule is Fc1cc(F)cc(-c2ccc(-c3nc(-c4ccccc4)nc(-c4ccccc4)n3)cc2-n2c3ccccc3c3ccc(-c4ccccc4)cc32)c1. The average Bonchev–Trinajstić information content (AvgIpc) is 3.51. The maximum Gasteiger partial charge on any atom is 0.164 e. The summed E-state index contributed by atoms with van der Waals surface area (Å²) in [6.45, 7) is 0. The van der Waals surface area contributed by atoms with E-state index in [1.165, 1.54) is 12.1 Å². The molecule has 0 aliphatic heterocycles. The summed E-state index contributed by atoms with van der Waals surface area (Å²) >= 11 is 0. The Labute approximate surface area is 293 Å². The highest BCUT2D eigenvalue weighted by Crippen LogP contribution is 2.40. The van der Waals surface area contributed by atoms with E-state index in [1.54, 1.807) is 0 Å². The van der Waals surface area contributed by atoms with Gasteiger partial charge in [-0.25, -0.2) is 23.7 Å². The van der Waals surface area contributed by atoms with E-state index in [-0.39, 0.29) is 0 Å². The van der Waals surface area contributed by atoms with Crippen LogP contribution in [0.4, 0.5) is 8.78 Å². The van der Waals surface area contributed by atoms with Crippen molar-refractivity contribution < 1.29 is 8.78 Å². The fraction of sp³-hybridized carbons (Fsp3) is 0. The van der Waals surface area contributed by atoms with E-state index < -0.39 is 11.6 Å². The summed E-state index contributed by atoms with van der Waals surface area (Å²) in [5.41, 5.74) is 8.32. The van der Waals surface area contributed by atoms with Gasteiger partial charge in [0.05, 0.1) is 16.7 Å². The van der Waals surface area contributed by atoms with E-state index in [0.717, 1.165) is 61.4 Å². The molecule has 0 spiro atoms. The zero-order chi connectivity index (χ0) is 34.3. The first-order chi connectivity index (χ1) is 25.1. The van der Waals surface area contributed by atoms with Crippen LogP contribution in [0.15, 0.2) is 170 Å². The normalized spacial score (nSPS) is 11.3. The predicted molar refractivity (Wildman–Crippen MR) is 201 cm³/mol. The topological polar surface area (TPSA) is 43.6 Å². The molecule has 9 aromatic rings. The highest BCUT2D eigenvalue weighted by molar-refractivity contribution is 6.10. The van der Waals surface area contributed by atoms with Gasteiger partial charge < -0.3 is 4.57 Å². The third kappa shape index (κ3) is 5.63. The van der Waals surface area contributed by atoms with Crippen molar-refractivity contribution in [2.75, 3.05) is 0 Å². The molecule has 0 radical (unpaired) electrons. The fourth-order valence-corrected chi connectivity index (χ4v) is 6.79. The van der Waals surface area contributed by atoms with Crippen LogP contribution >= 0.6 is 0 Å². The molecule has 0 saturated heterocycles. The molecule has 0 bridgehead atoms. The molecule has 0 amide bonds. The minimum absolute atomic E-state index is 0.421. The van der Waals surface area contributed by atoms with Crippen molar-refractivity contribution in [2.45, 2.75) is 0 Å². The van der Waals surface area contributed by atoms with Crippen LogP contribution in [0, 0.1) is 11.6 Å². The Morgan fingerprint density at radius 2 is 0.863 bits per heavy atom. The second-order valence-electron chi connectivity index (χ2n) is 12.4. The molecular weight excluding hydrogens is 635 g/mol. The molecule has 4 nitrogen and oxygen atoms in total. The third-order valence-corrected chi connectivity index (χ3v) is 9.15. The van der Waals surface area contributed by atoms with Crippen molar-refractivity contribution >= 4 is 21.8 Å². The monoisotopic (exact) mass is 662 g/mol. The minimum atomic E-state index is -0.647. The molecule has 0 aliphatic carbocycles. The first-order valence-corrected chi connectivity index (χ1v) is 16.7. The van der Waals surface area contributed by atoms with Crippen LogP contribution in [0.25, 0.3) is 83.9 Å². The molecule has 0 saturated carbocycles. The van der Waals surface area contributed by atoms with Crippen LogP contribution in [0.2, 0.25) is 0 Å². The summed E-state index contributed by atoms with van der Waals surface area (Å²) < 4.78 is 31.8. The summed E-state index contributed by atoms with van der Waals surface area (Å²) in [5.74, 6) is 0.270. The van der Waals surface area contributed by atoms with Crippen LogP contribution < -0.4 is 0 Å². The summed E-state index contributed by atoms with van der Waals surface area (Å²) in [4.78, 5) is 14.8. The number of halogens is 2. The van der Waals surface area contributed by atoms with E-state index in [1.807, 2.05) is 109 Å². The molecule has 2 heterocycles. The van der Waals surface area contributed by atoms with Crippen molar-refractivity contribution in [1.29, 1.82) is 0 Å². The van der Waals surface area contributed by atoms with Crippen molar-refractivity contribution in [1.82, 2.24) is 19.5 Å². The van der Waals surface area contributed by atoms with Gasteiger partial charge in [-0.2, -0.15) is 0 Å². The molecule has 7 aromatic carbocycles. The van der Waals surface area contributed by atoms with Gasteiger partial charge in [-0.05, 0) is 47.0 Å². The van der Waals surface area contributed by atoms with Gasteiger partial charge in [-0.15, -0.1) is 0 Å². The molecule has 2 aromatic heterocycles. The number of hydrogen-bond acceptors (Lipinski definition) is 3. The predicted octanol–water partition coefficient (Wildman–Crippen LogP) is 11.6. The zero-order valence-corrected chi connectivity index (χ0v) is 27.2. The van der Waals surface area contributed by atoms with E-state index in [4.69, 9.17) is 15.0 Å². The summed E-state index contributed by atoms with van der Waals surface area (Å²) in [5, 5.41) is 2.12. The summed E-state index contributed by atoms with van der Waals surface area (Å²) in [6, 6.07) is 54.0. The Morgan fingerprint density at radius 3 is 1.49 bits per heavy atom. The lowest BCUT2D eigenvalue weighted by molar-refractivity contribution is 0.584. The molecule has 0 unspecified atom stereocenters. The van der Waals surface area contributed by atoms with Gasteiger partial charge in [-0.3, -0.25) is 0 Å². The molecule has 0 N–H and O–H groups in total. The van der Waals surface area contributed by atoms with Crippen molar-refractivity contribution in [3.05, 3.63) is 181 Å². The van der Waals surface area contributed by atoms with E-state index in [2.05, 4.69) is 47.0 Å². The van der Waals surface area contributed by atoms with Gasteiger partial charge in [0.15, 0.2) is 17.5 Å². The fourth-order valence-electron chi connectivity index (χ4n) is 6.79. The standard InChI is InChI=1S/C45H28F2N4/c46-35-24-34(25-36(47)28-35)37-22-21-33(45-49-43(30-14-6-2-7-15-30)48-44(50-45)31-16-8-3-9-17-31)27-41(37)51-40-19-11-10-18-38(40)39-23-20-32(26-42(39)51)29-12-4-1-5-13-29/h1-28H. The lowest BCUT2D eigenvalue weighted by Crippen LogP contribution is -2.02. The van der Waals surface area contributed by atoms with Gasteiger partial charge in [0.2, 0.25) is 0 Å². The first kappa shape index (κ1) is 30.3. The molecular formula is C45H28F2N4. The van der Waals surface area contributed by atoms with E-state index in [0.29, 0.717) is 28.6 Å². The van der Waals surface area contributed by atoms with Crippen molar-refractivity contribution in [3.8, 4) is 62.1 Å². The van der Waals surface area contributed by atoms with Crippen molar-refractivity contribution in [3.63, 3.8) is 0 Å². The number of rotatable bonds is 6. The summed E-state index contributed by atoms with van der Waals surface area (Å²) in [6.07, 6.45) is 0. The Morgan fingerprint density at radius 1 is 0.353 bits per heavy atom. The number of nitrogens with zero attached hydrogens (tertiary/aromatic N) is 4. The van der Waals surface area contributed by atoms with Gasteiger partial charge in [0, 0.05) is 39.1 Å². The largest absolute Gasteiger partial charge is 0.309 e. The second kappa shape index (κ2) is 12.6. The van der Waals surface area contributed by atoms with E-state index in [9.17, 15) is 8.78 Å². The number of hydrogen-bond donors (Lipinski definition) is 0. The Kier molecular flexibility index (Phi) is 7.47. The summed E-state index contributed by atoms with van der Waals surface area (Å²) in [7, 11) is 0. The van der Waals surface area contributed by atoms with Crippen LogP contribution in [0.3, 0.4) is 0 Å². The highest BCUT2D eigenvalue weighted by Gasteiger charge is 2.20. The average molecular weight is 663 g/mol. The molecule has 0 aliphatic rings. The molecule has 0 fully saturated rings. The zero-order valence-electron chi connectivity index (χ0n) is 27.2. The van der Waals surface area contributed by atoms with Gasteiger partial charge in [0.1, 0.15) is 11.6 Å². The first-order valence-electron chi connectivity index (χ1n) is 16.7. The maximum atomic E-state index is 14.8. The third-order valence-electron chi connectivity index (χ3n) is 9.15. The van der Waals surface area contributed by atoms with Crippen LogP contribution in [0.5, 0.6) is 0 Å². The number of aromatic nitrogens is 4. The lowest BCUT2D eigenvalue weighted by Gasteiger charge is -2.17. The Balaban J connectivity index is 1.34. The quantitative estimate of drug-likeness (QED) is 0.178. The maximum absolute atomic E-state index is 14.8. The highest BCUT2D eigenvalue weighted by atomic mass is 19.1. The van der Waals surface area contributed by atoms with Gasteiger partial charge >= 0.3 is 0 Å². The van der Waals surface area contributed by atoms with Gasteiger partial charge in [0.25, 0.3) is 0 Å². The second-order valence-corrected chi connectivity index (χ2v) is 12.4. The lowest BCUT2D eigenvalue weighted by atomic mass is 10.00. The number of para-hydroxylation sites is 1. The smallest absolute Gasteiger partial charge is 0.164 e. The van der Waals surface area contributed by atoms with Gasteiger partial charge in [-0.1, -0.05) is 133 Å². The van der Waals surface area contributed by atoms with Crippen LogP contribution in [0.1, 0.15) is 0 Å². The number of fused-ring (bicyclic) bond motifs is 3. The molecule has 6 heteroatoms. The van der Waals surface area contributed by atoms with Crippen LogP contribution in [-0.2, 0) is 0 Å². The minimum Gasteiger partial charge on any atom is -0.309 e. The molecule has 9 rings (SSSR count). The molecule has 242 valence electrons.